The largest absolute Gasteiger partial charge is 0.451 e. The Bertz CT molecular complexity index is 496. The van der Waals surface area contributed by atoms with Crippen molar-refractivity contribution < 1.29 is 9.53 Å². The molecule has 0 spiro atoms. The summed E-state index contributed by atoms with van der Waals surface area (Å²) in [5.74, 6) is -0.0872. The molecule has 0 bridgehead atoms. The quantitative estimate of drug-likeness (QED) is 0.793. The van der Waals surface area contributed by atoms with Gasteiger partial charge in [-0.25, -0.2) is 0 Å². The van der Waals surface area contributed by atoms with Crippen LogP contribution in [0.15, 0.2) is 24.3 Å². The van der Waals surface area contributed by atoms with Crippen LogP contribution in [0.4, 0.5) is 0 Å². The lowest BCUT2D eigenvalue weighted by molar-refractivity contribution is -0.211. The number of fused-ring (bicyclic) bond motifs is 1. The molecule has 2 fully saturated rings. The molecule has 0 unspecified atom stereocenters. The summed E-state index contributed by atoms with van der Waals surface area (Å²) < 4.78 is 5.94. The second-order valence-corrected chi connectivity index (χ2v) is 6.07. The van der Waals surface area contributed by atoms with E-state index < -0.39 is 5.60 Å². The first kappa shape index (κ1) is 13.6. The summed E-state index contributed by atoms with van der Waals surface area (Å²) >= 11 is 0. The van der Waals surface area contributed by atoms with E-state index in [9.17, 15) is 4.79 Å². The van der Waals surface area contributed by atoms with Crippen molar-refractivity contribution in [3.63, 3.8) is 0 Å². The summed E-state index contributed by atoms with van der Waals surface area (Å²) in [6.07, 6.45) is 4.08. The van der Waals surface area contributed by atoms with Crippen molar-refractivity contribution in [1.82, 2.24) is 4.90 Å². The van der Waals surface area contributed by atoms with Crippen molar-refractivity contribution in [3.8, 4) is 0 Å². The molecule has 2 aliphatic rings. The molecule has 3 heteroatoms. The van der Waals surface area contributed by atoms with Gasteiger partial charge >= 0.3 is 5.97 Å². The lowest BCUT2D eigenvalue weighted by atomic mass is 9.73. The Morgan fingerprint density at radius 1 is 1.35 bits per heavy atom. The third kappa shape index (κ3) is 2.14. The highest BCUT2D eigenvalue weighted by molar-refractivity contribution is 5.70. The second-order valence-electron chi connectivity index (χ2n) is 6.07. The summed E-state index contributed by atoms with van der Waals surface area (Å²) in [6.45, 7) is 5.94. The van der Waals surface area contributed by atoms with Gasteiger partial charge in [-0.2, -0.15) is 0 Å². The smallest absolute Gasteiger partial charge is 0.306 e. The minimum Gasteiger partial charge on any atom is -0.451 e. The Labute approximate surface area is 120 Å². The van der Waals surface area contributed by atoms with Gasteiger partial charge in [0.25, 0.3) is 0 Å². The van der Waals surface area contributed by atoms with Crippen LogP contribution in [0.5, 0.6) is 0 Å². The van der Waals surface area contributed by atoms with Crippen LogP contribution >= 0.6 is 0 Å². The zero-order valence-electron chi connectivity index (χ0n) is 12.4. The van der Waals surface area contributed by atoms with E-state index in [1.165, 1.54) is 18.4 Å². The second kappa shape index (κ2) is 5.21. The highest BCUT2D eigenvalue weighted by atomic mass is 16.6. The highest BCUT2D eigenvalue weighted by Gasteiger charge is 2.56. The molecule has 108 valence electrons. The van der Waals surface area contributed by atoms with Gasteiger partial charge in [0, 0.05) is 13.0 Å². The third-order valence-corrected chi connectivity index (χ3v) is 4.71. The normalized spacial score (nSPS) is 29.4. The van der Waals surface area contributed by atoms with Crippen LogP contribution in [0.1, 0.15) is 43.7 Å². The summed E-state index contributed by atoms with van der Waals surface area (Å²) in [6, 6.07) is 8.86. The van der Waals surface area contributed by atoms with E-state index in [0.717, 1.165) is 25.1 Å². The van der Waals surface area contributed by atoms with Gasteiger partial charge in [-0.1, -0.05) is 43.2 Å². The first-order chi connectivity index (χ1) is 9.65. The average Bonchev–Trinajstić information content (AvgIpc) is 2.45. The third-order valence-electron chi connectivity index (χ3n) is 4.71. The van der Waals surface area contributed by atoms with Crippen LogP contribution in [-0.2, 0) is 15.1 Å². The summed E-state index contributed by atoms with van der Waals surface area (Å²) in [5.41, 5.74) is 2.00. The Kier molecular flexibility index (Phi) is 3.55. The maximum absolute atomic E-state index is 11.9. The molecule has 0 saturated carbocycles. The molecule has 1 aromatic rings. The molecule has 0 radical (unpaired) electrons. The van der Waals surface area contributed by atoms with Gasteiger partial charge in [-0.3, -0.25) is 9.69 Å². The first-order valence-corrected chi connectivity index (χ1v) is 7.69. The van der Waals surface area contributed by atoms with Crippen molar-refractivity contribution in [2.45, 2.75) is 51.2 Å². The van der Waals surface area contributed by atoms with Crippen molar-refractivity contribution in [2.75, 3.05) is 13.1 Å². The first-order valence-electron chi connectivity index (χ1n) is 7.69. The number of carbonyl (C=O) groups is 1. The Morgan fingerprint density at radius 3 is 2.75 bits per heavy atom. The zero-order chi connectivity index (χ0) is 14.2. The molecule has 3 nitrogen and oxygen atoms in total. The van der Waals surface area contributed by atoms with Gasteiger partial charge in [0.2, 0.25) is 0 Å². The van der Waals surface area contributed by atoms with E-state index >= 15 is 0 Å². The molecule has 2 aliphatic heterocycles. The number of ether oxygens (including phenoxy) is 1. The topological polar surface area (TPSA) is 29.5 Å². The molecular formula is C17H23NO2. The Balaban J connectivity index is 1.92. The minimum absolute atomic E-state index is 0.0872. The standard InChI is InChI=1S/C17H23NO2/c1-3-16(19)20-17(14-9-7-13(2)8-10-14)12-18-11-5-4-6-15(17)18/h7-10,15H,3-6,11-12H2,1-2H3/t15-,17+/m0/s1. The van der Waals surface area contributed by atoms with Crippen LogP contribution < -0.4 is 0 Å². The maximum Gasteiger partial charge on any atom is 0.306 e. The van der Waals surface area contributed by atoms with E-state index in [1.807, 2.05) is 6.92 Å². The molecular weight excluding hydrogens is 250 g/mol. The van der Waals surface area contributed by atoms with E-state index in [0.29, 0.717) is 12.5 Å². The van der Waals surface area contributed by atoms with Crippen LogP contribution in [0.3, 0.4) is 0 Å². The predicted molar refractivity (Wildman–Crippen MR) is 78.5 cm³/mol. The number of aryl methyl sites for hydroxylation is 1. The average molecular weight is 273 g/mol. The number of nitrogens with zero attached hydrogens (tertiary/aromatic N) is 1. The number of rotatable bonds is 3. The molecule has 0 amide bonds. The summed E-state index contributed by atoms with van der Waals surface area (Å²) in [5, 5.41) is 0. The highest BCUT2D eigenvalue weighted by Crippen LogP contribution is 2.46. The Morgan fingerprint density at radius 2 is 2.10 bits per heavy atom. The van der Waals surface area contributed by atoms with E-state index in [1.54, 1.807) is 0 Å². The summed E-state index contributed by atoms with van der Waals surface area (Å²) in [7, 11) is 0. The van der Waals surface area contributed by atoms with Crippen molar-refractivity contribution >= 4 is 5.97 Å². The summed E-state index contributed by atoms with van der Waals surface area (Å²) in [4.78, 5) is 14.4. The monoisotopic (exact) mass is 273 g/mol. The van der Waals surface area contributed by atoms with Crippen LogP contribution in [0.2, 0.25) is 0 Å². The van der Waals surface area contributed by atoms with Crippen molar-refractivity contribution in [2.24, 2.45) is 0 Å². The van der Waals surface area contributed by atoms with Crippen LogP contribution in [0, 0.1) is 6.92 Å². The lowest BCUT2D eigenvalue weighted by Crippen LogP contribution is -2.70. The number of carbonyl (C=O) groups excluding carboxylic acids is 1. The van der Waals surface area contributed by atoms with Crippen LogP contribution in [0.25, 0.3) is 0 Å². The van der Waals surface area contributed by atoms with Crippen LogP contribution in [-0.4, -0.2) is 30.0 Å². The molecule has 2 heterocycles. The molecule has 3 rings (SSSR count). The molecule has 0 N–H and O–H groups in total. The van der Waals surface area contributed by atoms with Crippen molar-refractivity contribution in [1.29, 1.82) is 0 Å². The molecule has 2 atom stereocenters. The predicted octanol–water partition coefficient (Wildman–Crippen LogP) is 3.01. The fourth-order valence-corrected chi connectivity index (χ4v) is 3.56. The number of esters is 1. The van der Waals surface area contributed by atoms with E-state index in [2.05, 4.69) is 36.1 Å². The van der Waals surface area contributed by atoms with Gasteiger partial charge < -0.3 is 4.74 Å². The van der Waals surface area contributed by atoms with E-state index in [-0.39, 0.29) is 5.97 Å². The number of piperidine rings is 1. The number of benzene rings is 1. The van der Waals surface area contributed by atoms with Gasteiger partial charge in [0.15, 0.2) is 5.60 Å². The molecule has 2 saturated heterocycles. The molecule has 1 aromatic carbocycles. The maximum atomic E-state index is 11.9. The fourth-order valence-electron chi connectivity index (χ4n) is 3.56. The lowest BCUT2D eigenvalue weighted by Gasteiger charge is -2.58. The van der Waals surface area contributed by atoms with Gasteiger partial charge in [-0.05, 0) is 31.9 Å². The SMILES string of the molecule is CCC(=O)O[C@@]1(c2ccc(C)cc2)CN2CCCC[C@H]21. The minimum atomic E-state index is -0.402. The number of hydrogen-bond donors (Lipinski definition) is 0. The fraction of sp³-hybridized carbons (Fsp3) is 0.588. The molecule has 0 aliphatic carbocycles. The zero-order valence-corrected chi connectivity index (χ0v) is 12.4. The number of hydrogen-bond acceptors (Lipinski definition) is 3. The molecule has 20 heavy (non-hydrogen) atoms. The Hall–Kier alpha value is -1.35. The van der Waals surface area contributed by atoms with Gasteiger partial charge in [0.05, 0.1) is 6.04 Å². The molecule has 0 aromatic heterocycles. The van der Waals surface area contributed by atoms with Crippen molar-refractivity contribution in [3.05, 3.63) is 35.4 Å². The van der Waals surface area contributed by atoms with Gasteiger partial charge in [0.1, 0.15) is 0 Å². The van der Waals surface area contributed by atoms with E-state index in [4.69, 9.17) is 4.74 Å². The van der Waals surface area contributed by atoms with Gasteiger partial charge in [-0.15, -0.1) is 0 Å².